The van der Waals surface area contributed by atoms with E-state index in [0.29, 0.717) is 23.9 Å². The molecule has 4 N–H and O–H groups in total. The van der Waals surface area contributed by atoms with Crippen LogP contribution in [0.4, 0.5) is 11.8 Å². The number of aromatic nitrogens is 2. The number of halogens is 1. The number of nitrogens with one attached hydrogen (secondary N) is 1. The smallest absolute Gasteiger partial charge is 0.223 e. The molecule has 0 saturated heterocycles. The molecular weight excluding hydrogens is 216 g/mol. The van der Waals surface area contributed by atoms with E-state index in [0.717, 1.165) is 6.42 Å². The van der Waals surface area contributed by atoms with Crippen LogP contribution in [0.2, 0.25) is 5.15 Å². The first kappa shape index (κ1) is 12.0. The Morgan fingerprint density at radius 2 is 2.33 bits per heavy atom. The third kappa shape index (κ3) is 4.31. The standard InChI is InChI=1S/C9H15ClN4O/c1-2-6(15)3-4-12-8-5-7(10)13-9(11)14-8/h5-6,15H,2-4H2,1H3,(H3,11,12,13,14). The van der Waals surface area contributed by atoms with Crippen molar-refractivity contribution < 1.29 is 5.11 Å². The van der Waals surface area contributed by atoms with Gasteiger partial charge in [-0.25, -0.2) is 4.98 Å². The van der Waals surface area contributed by atoms with Crippen LogP contribution in [0.5, 0.6) is 0 Å². The lowest BCUT2D eigenvalue weighted by atomic mass is 10.2. The topological polar surface area (TPSA) is 84.1 Å². The van der Waals surface area contributed by atoms with Crippen LogP contribution in [0.1, 0.15) is 19.8 Å². The van der Waals surface area contributed by atoms with Gasteiger partial charge in [0.2, 0.25) is 5.95 Å². The van der Waals surface area contributed by atoms with Gasteiger partial charge in [-0.15, -0.1) is 0 Å². The Kier molecular flexibility index (Phi) is 4.58. The fourth-order valence-electron chi connectivity index (χ4n) is 1.10. The van der Waals surface area contributed by atoms with Gasteiger partial charge in [0, 0.05) is 12.6 Å². The average Bonchev–Trinajstić information content (AvgIpc) is 2.16. The Hall–Kier alpha value is -1.07. The number of nitrogens with zero attached hydrogens (tertiary/aromatic N) is 2. The molecule has 1 heterocycles. The number of anilines is 2. The molecule has 0 aliphatic rings. The quantitative estimate of drug-likeness (QED) is 0.664. The molecule has 0 bridgehead atoms. The van der Waals surface area contributed by atoms with Crippen LogP contribution in [0.3, 0.4) is 0 Å². The second-order valence-corrected chi connectivity index (χ2v) is 3.60. The number of aliphatic hydroxyl groups is 1. The molecule has 0 amide bonds. The van der Waals surface area contributed by atoms with Gasteiger partial charge in [-0.05, 0) is 12.8 Å². The van der Waals surface area contributed by atoms with Crippen molar-refractivity contribution in [2.45, 2.75) is 25.9 Å². The van der Waals surface area contributed by atoms with E-state index in [-0.39, 0.29) is 12.1 Å². The van der Waals surface area contributed by atoms with E-state index < -0.39 is 0 Å². The minimum atomic E-state index is -0.285. The van der Waals surface area contributed by atoms with Gasteiger partial charge in [-0.1, -0.05) is 18.5 Å². The zero-order valence-corrected chi connectivity index (χ0v) is 9.33. The zero-order chi connectivity index (χ0) is 11.3. The molecule has 84 valence electrons. The van der Waals surface area contributed by atoms with Gasteiger partial charge < -0.3 is 16.2 Å². The van der Waals surface area contributed by atoms with Crippen molar-refractivity contribution >= 4 is 23.4 Å². The summed E-state index contributed by atoms with van der Waals surface area (Å²) >= 11 is 5.70. The normalized spacial score (nSPS) is 12.5. The summed E-state index contributed by atoms with van der Waals surface area (Å²) in [5, 5.41) is 12.6. The number of nitrogens with two attached hydrogens (primary N) is 1. The number of hydrogen-bond donors (Lipinski definition) is 3. The first-order valence-electron chi connectivity index (χ1n) is 4.83. The molecule has 5 nitrogen and oxygen atoms in total. The van der Waals surface area contributed by atoms with Crippen LogP contribution in [-0.2, 0) is 0 Å². The van der Waals surface area contributed by atoms with Crippen LogP contribution in [-0.4, -0.2) is 27.7 Å². The van der Waals surface area contributed by atoms with E-state index in [4.69, 9.17) is 17.3 Å². The van der Waals surface area contributed by atoms with E-state index in [1.54, 1.807) is 6.07 Å². The Morgan fingerprint density at radius 3 is 2.93 bits per heavy atom. The largest absolute Gasteiger partial charge is 0.393 e. The summed E-state index contributed by atoms with van der Waals surface area (Å²) in [4.78, 5) is 7.68. The number of hydrogen-bond acceptors (Lipinski definition) is 5. The van der Waals surface area contributed by atoms with E-state index in [1.165, 1.54) is 0 Å². The van der Waals surface area contributed by atoms with Crippen molar-refractivity contribution in [3.8, 4) is 0 Å². The molecule has 0 aromatic carbocycles. The van der Waals surface area contributed by atoms with Gasteiger partial charge in [-0.2, -0.15) is 4.98 Å². The molecule has 0 aliphatic carbocycles. The van der Waals surface area contributed by atoms with Crippen LogP contribution in [0.15, 0.2) is 6.07 Å². The Balaban J connectivity index is 2.43. The van der Waals surface area contributed by atoms with Gasteiger partial charge in [-0.3, -0.25) is 0 Å². The van der Waals surface area contributed by atoms with E-state index >= 15 is 0 Å². The molecule has 1 aromatic heterocycles. The molecule has 1 rings (SSSR count). The number of rotatable bonds is 5. The van der Waals surface area contributed by atoms with E-state index in [2.05, 4.69) is 15.3 Å². The Bertz CT molecular complexity index is 301. The van der Waals surface area contributed by atoms with Gasteiger partial charge in [0.05, 0.1) is 6.10 Å². The summed E-state index contributed by atoms with van der Waals surface area (Å²) in [5.41, 5.74) is 5.42. The molecule has 0 saturated carbocycles. The third-order valence-electron chi connectivity index (χ3n) is 1.97. The van der Waals surface area contributed by atoms with Crippen molar-refractivity contribution in [3.63, 3.8) is 0 Å². The number of aliphatic hydroxyl groups excluding tert-OH is 1. The maximum absolute atomic E-state index is 9.32. The molecule has 0 aliphatic heterocycles. The maximum Gasteiger partial charge on any atom is 0.223 e. The first-order valence-corrected chi connectivity index (χ1v) is 5.21. The summed E-state index contributed by atoms with van der Waals surface area (Å²) in [6.45, 7) is 2.56. The zero-order valence-electron chi connectivity index (χ0n) is 8.57. The maximum atomic E-state index is 9.32. The van der Waals surface area contributed by atoms with Crippen molar-refractivity contribution in [1.82, 2.24) is 9.97 Å². The molecule has 0 spiro atoms. The highest BCUT2D eigenvalue weighted by Crippen LogP contribution is 2.12. The molecule has 0 radical (unpaired) electrons. The highest BCUT2D eigenvalue weighted by molar-refractivity contribution is 6.29. The van der Waals surface area contributed by atoms with Crippen LogP contribution >= 0.6 is 11.6 Å². The second-order valence-electron chi connectivity index (χ2n) is 3.21. The lowest BCUT2D eigenvalue weighted by Crippen LogP contribution is -2.13. The first-order chi connectivity index (χ1) is 7.11. The highest BCUT2D eigenvalue weighted by Gasteiger charge is 2.02. The summed E-state index contributed by atoms with van der Waals surface area (Å²) in [6, 6.07) is 1.59. The molecule has 0 fully saturated rings. The second kappa shape index (κ2) is 5.72. The predicted octanol–water partition coefficient (Wildman–Crippen LogP) is 1.29. The van der Waals surface area contributed by atoms with Crippen LogP contribution < -0.4 is 11.1 Å². The molecule has 1 unspecified atom stereocenters. The predicted molar refractivity (Wildman–Crippen MR) is 60.9 cm³/mol. The Morgan fingerprint density at radius 1 is 1.60 bits per heavy atom. The Labute approximate surface area is 93.7 Å². The fraction of sp³-hybridized carbons (Fsp3) is 0.556. The van der Waals surface area contributed by atoms with Gasteiger partial charge in [0.15, 0.2) is 0 Å². The summed E-state index contributed by atoms with van der Waals surface area (Å²) in [5.74, 6) is 0.719. The minimum Gasteiger partial charge on any atom is -0.393 e. The fourth-order valence-corrected chi connectivity index (χ4v) is 1.29. The summed E-state index contributed by atoms with van der Waals surface area (Å²) < 4.78 is 0. The van der Waals surface area contributed by atoms with Crippen LogP contribution in [0, 0.1) is 0 Å². The summed E-state index contributed by atoms with van der Waals surface area (Å²) in [7, 11) is 0. The van der Waals surface area contributed by atoms with Crippen molar-refractivity contribution in [2.24, 2.45) is 0 Å². The van der Waals surface area contributed by atoms with Crippen molar-refractivity contribution in [1.29, 1.82) is 0 Å². The SMILES string of the molecule is CCC(O)CCNc1cc(Cl)nc(N)n1. The van der Waals surface area contributed by atoms with E-state index in [1.807, 2.05) is 6.92 Å². The van der Waals surface area contributed by atoms with Crippen molar-refractivity contribution in [3.05, 3.63) is 11.2 Å². The average molecular weight is 231 g/mol. The van der Waals surface area contributed by atoms with Gasteiger partial charge in [0.1, 0.15) is 11.0 Å². The number of nitrogen functional groups attached to an aromatic ring is 1. The molecule has 1 atom stereocenters. The van der Waals surface area contributed by atoms with Gasteiger partial charge in [0.25, 0.3) is 0 Å². The highest BCUT2D eigenvalue weighted by atomic mass is 35.5. The lowest BCUT2D eigenvalue weighted by Gasteiger charge is -2.09. The third-order valence-corrected chi connectivity index (χ3v) is 2.16. The molecule has 15 heavy (non-hydrogen) atoms. The molecule has 6 heteroatoms. The van der Waals surface area contributed by atoms with Crippen molar-refractivity contribution in [2.75, 3.05) is 17.6 Å². The molecular formula is C9H15ClN4O. The van der Waals surface area contributed by atoms with Crippen LogP contribution in [0.25, 0.3) is 0 Å². The molecule has 1 aromatic rings. The van der Waals surface area contributed by atoms with E-state index in [9.17, 15) is 5.11 Å². The summed E-state index contributed by atoms with van der Waals surface area (Å²) in [6.07, 6.45) is 1.12. The lowest BCUT2D eigenvalue weighted by molar-refractivity contribution is 0.164. The minimum absolute atomic E-state index is 0.140. The monoisotopic (exact) mass is 230 g/mol. The van der Waals surface area contributed by atoms with Gasteiger partial charge >= 0.3 is 0 Å².